The van der Waals surface area contributed by atoms with E-state index in [-0.39, 0.29) is 28.3 Å². The highest BCUT2D eigenvalue weighted by Crippen LogP contribution is 2.29. The number of ether oxygens (including phenoxy) is 1. The van der Waals surface area contributed by atoms with Crippen LogP contribution in [-0.4, -0.2) is 32.9 Å². The standard InChI is InChI=1S/C21H26N2O5S2/c1-14-5-3-6-18(15(14)2)22-19(24)13-28-21(25)16-8-10-17(11-9-16)23-30(26,27)20-7-4-12-29-20/h4,7-12,14-15,18,23H,3,5-6,13H2,1-2H3,(H,22,24). The summed E-state index contributed by atoms with van der Waals surface area (Å²) in [5.74, 6) is 0.00348. The summed E-state index contributed by atoms with van der Waals surface area (Å²) in [5.41, 5.74) is 0.569. The Morgan fingerprint density at radius 1 is 1.13 bits per heavy atom. The van der Waals surface area contributed by atoms with Crippen molar-refractivity contribution in [2.75, 3.05) is 11.3 Å². The van der Waals surface area contributed by atoms with Gasteiger partial charge in [0.1, 0.15) is 4.21 Å². The Bertz CT molecular complexity index is 971. The minimum absolute atomic E-state index is 0.107. The average molecular weight is 451 g/mol. The Balaban J connectivity index is 1.50. The Labute approximate surface area is 180 Å². The molecule has 9 heteroatoms. The summed E-state index contributed by atoms with van der Waals surface area (Å²) in [6, 6.07) is 9.15. The van der Waals surface area contributed by atoms with Gasteiger partial charge in [0.05, 0.1) is 5.56 Å². The lowest BCUT2D eigenvalue weighted by molar-refractivity contribution is -0.125. The van der Waals surface area contributed by atoms with Crippen molar-refractivity contribution in [3.63, 3.8) is 0 Å². The van der Waals surface area contributed by atoms with Crippen molar-refractivity contribution in [2.45, 2.75) is 43.4 Å². The molecule has 0 spiro atoms. The van der Waals surface area contributed by atoms with Crippen LogP contribution in [0.15, 0.2) is 46.0 Å². The molecule has 2 aromatic rings. The van der Waals surface area contributed by atoms with Crippen LogP contribution in [0.5, 0.6) is 0 Å². The van der Waals surface area contributed by atoms with E-state index in [1.165, 1.54) is 36.8 Å². The second-order valence-electron chi connectivity index (χ2n) is 7.63. The number of anilines is 1. The fraction of sp³-hybridized carbons (Fsp3) is 0.429. The first-order chi connectivity index (χ1) is 14.3. The van der Waals surface area contributed by atoms with Gasteiger partial charge in [0, 0.05) is 11.7 Å². The molecule has 2 N–H and O–H groups in total. The number of carbonyl (C=O) groups excluding carboxylic acids is 2. The molecule has 3 unspecified atom stereocenters. The van der Waals surface area contributed by atoms with E-state index in [0.29, 0.717) is 17.5 Å². The Hall–Kier alpha value is -2.39. The lowest BCUT2D eigenvalue weighted by Crippen LogP contribution is -2.45. The molecule has 1 heterocycles. The van der Waals surface area contributed by atoms with Gasteiger partial charge in [0.15, 0.2) is 6.61 Å². The second kappa shape index (κ2) is 9.61. The number of esters is 1. The molecule has 1 aliphatic rings. The van der Waals surface area contributed by atoms with Gasteiger partial charge in [-0.1, -0.05) is 32.8 Å². The fourth-order valence-electron chi connectivity index (χ4n) is 3.54. The quantitative estimate of drug-likeness (QED) is 0.627. The predicted molar refractivity (Wildman–Crippen MR) is 116 cm³/mol. The molecule has 0 bridgehead atoms. The zero-order chi connectivity index (χ0) is 21.7. The van der Waals surface area contributed by atoms with Crippen molar-refractivity contribution in [3.8, 4) is 0 Å². The number of thiophene rings is 1. The second-order valence-corrected chi connectivity index (χ2v) is 10.5. The SMILES string of the molecule is CC1CCCC(NC(=O)COC(=O)c2ccc(NS(=O)(=O)c3cccs3)cc2)C1C. The normalized spacial score (nSPS) is 21.6. The van der Waals surface area contributed by atoms with Gasteiger partial charge in [-0.25, -0.2) is 13.2 Å². The molecule has 30 heavy (non-hydrogen) atoms. The van der Waals surface area contributed by atoms with Gasteiger partial charge in [-0.05, 0) is 54.0 Å². The van der Waals surface area contributed by atoms with E-state index >= 15 is 0 Å². The van der Waals surface area contributed by atoms with Crippen LogP contribution in [0.25, 0.3) is 0 Å². The molecule has 3 atom stereocenters. The van der Waals surface area contributed by atoms with E-state index in [1.807, 2.05) is 0 Å². The van der Waals surface area contributed by atoms with Crippen molar-refractivity contribution in [3.05, 3.63) is 47.3 Å². The molecule has 1 fully saturated rings. The Morgan fingerprint density at radius 2 is 1.87 bits per heavy atom. The van der Waals surface area contributed by atoms with E-state index in [0.717, 1.165) is 24.2 Å². The molecule has 0 saturated heterocycles. The molecule has 0 radical (unpaired) electrons. The lowest BCUT2D eigenvalue weighted by atomic mass is 9.78. The molecule has 1 aliphatic carbocycles. The number of benzene rings is 1. The smallest absolute Gasteiger partial charge is 0.338 e. The monoisotopic (exact) mass is 450 g/mol. The van der Waals surface area contributed by atoms with Crippen LogP contribution in [0.1, 0.15) is 43.5 Å². The summed E-state index contributed by atoms with van der Waals surface area (Å²) < 4.78 is 32.2. The molecular formula is C21H26N2O5S2. The highest BCUT2D eigenvalue weighted by atomic mass is 32.2. The molecule has 1 aromatic heterocycles. The third-order valence-corrected chi connectivity index (χ3v) is 8.30. The van der Waals surface area contributed by atoms with Crippen LogP contribution in [0.4, 0.5) is 5.69 Å². The minimum Gasteiger partial charge on any atom is -0.452 e. The van der Waals surface area contributed by atoms with Crippen molar-refractivity contribution < 1.29 is 22.7 Å². The summed E-state index contributed by atoms with van der Waals surface area (Å²) >= 11 is 1.12. The average Bonchev–Trinajstić information content (AvgIpc) is 3.26. The zero-order valence-corrected chi connectivity index (χ0v) is 18.6. The maximum atomic E-state index is 12.2. The third kappa shape index (κ3) is 5.60. The first-order valence-corrected chi connectivity index (χ1v) is 12.3. The lowest BCUT2D eigenvalue weighted by Gasteiger charge is -2.34. The highest BCUT2D eigenvalue weighted by molar-refractivity contribution is 7.94. The van der Waals surface area contributed by atoms with Gasteiger partial charge in [-0.2, -0.15) is 0 Å². The third-order valence-electron chi connectivity index (χ3n) is 5.52. The van der Waals surface area contributed by atoms with Gasteiger partial charge in [-0.3, -0.25) is 9.52 Å². The van der Waals surface area contributed by atoms with Crippen molar-refractivity contribution in [1.82, 2.24) is 5.32 Å². The van der Waals surface area contributed by atoms with Crippen LogP contribution in [0.2, 0.25) is 0 Å². The minimum atomic E-state index is -3.65. The summed E-state index contributed by atoms with van der Waals surface area (Å²) in [4.78, 5) is 24.4. The molecule has 3 rings (SSSR count). The number of nitrogens with one attached hydrogen (secondary N) is 2. The van der Waals surface area contributed by atoms with Gasteiger partial charge < -0.3 is 10.1 Å². The Morgan fingerprint density at radius 3 is 2.53 bits per heavy atom. The first-order valence-electron chi connectivity index (χ1n) is 9.89. The fourth-order valence-corrected chi connectivity index (χ4v) is 5.60. The molecule has 162 valence electrons. The van der Waals surface area contributed by atoms with Crippen LogP contribution in [0.3, 0.4) is 0 Å². The molecular weight excluding hydrogens is 424 g/mol. The van der Waals surface area contributed by atoms with E-state index in [4.69, 9.17) is 4.74 Å². The maximum absolute atomic E-state index is 12.2. The molecule has 0 aliphatic heterocycles. The van der Waals surface area contributed by atoms with Gasteiger partial charge in [0.25, 0.3) is 15.9 Å². The largest absolute Gasteiger partial charge is 0.452 e. The first kappa shape index (κ1) is 22.3. The zero-order valence-electron chi connectivity index (χ0n) is 17.0. The Kier molecular flexibility index (Phi) is 7.14. The van der Waals surface area contributed by atoms with Crippen LogP contribution in [-0.2, 0) is 19.6 Å². The van der Waals surface area contributed by atoms with Crippen molar-refractivity contribution >= 4 is 38.9 Å². The summed E-state index contributed by atoms with van der Waals surface area (Å²) in [5, 5.41) is 4.64. The van der Waals surface area contributed by atoms with Crippen LogP contribution >= 0.6 is 11.3 Å². The molecule has 7 nitrogen and oxygen atoms in total. The predicted octanol–water partition coefficient (Wildman–Crippen LogP) is 3.65. The number of hydrogen-bond donors (Lipinski definition) is 2. The van der Waals surface area contributed by atoms with E-state index in [1.54, 1.807) is 11.4 Å². The van der Waals surface area contributed by atoms with Crippen LogP contribution < -0.4 is 10.0 Å². The number of hydrogen-bond acceptors (Lipinski definition) is 6. The van der Waals surface area contributed by atoms with Gasteiger partial charge in [0.2, 0.25) is 0 Å². The maximum Gasteiger partial charge on any atom is 0.338 e. The molecule has 1 aromatic carbocycles. The summed E-state index contributed by atoms with van der Waals surface area (Å²) in [6.07, 6.45) is 3.19. The number of sulfonamides is 1. The number of carbonyl (C=O) groups is 2. The van der Waals surface area contributed by atoms with E-state index < -0.39 is 16.0 Å². The molecule has 1 amide bonds. The van der Waals surface area contributed by atoms with E-state index in [2.05, 4.69) is 23.9 Å². The van der Waals surface area contributed by atoms with Crippen LogP contribution in [0, 0.1) is 11.8 Å². The summed E-state index contributed by atoms with van der Waals surface area (Å²) in [7, 11) is -3.65. The number of rotatable bonds is 7. The van der Waals surface area contributed by atoms with Crippen molar-refractivity contribution in [2.24, 2.45) is 11.8 Å². The summed E-state index contributed by atoms with van der Waals surface area (Å²) in [6.45, 7) is 3.98. The topological polar surface area (TPSA) is 102 Å². The highest BCUT2D eigenvalue weighted by Gasteiger charge is 2.28. The number of amides is 1. The van der Waals surface area contributed by atoms with E-state index in [9.17, 15) is 18.0 Å². The van der Waals surface area contributed by atoms with Gasteiger partial charge in [-0.15, -0.1) is 11.3 Å². The molecule has 1 saturated carbocycles. The van der Waals surface area contributed by atoms with Gasteiger partial charge >= 0.3 is 5.97 Å². The van der Waals surface area contributed by atoms with Crippen molar-refractivity contribution in [1.29, 1.82) is 0 Å².